The van der Waals surface area contributed by atoms with Gasteiger partial charge in [0.15, 0.2) is 23.0 Å². The number of rotatable bonds is 6. The normalized spacial score (nSPS) is 24.7. The minimum Gasteiger partial charge on any atom is -0.463 e. The first kappa shape index (κ1) is 25.3. The Bertz CT molecular complexity index is 1090. The Morgan fingerprint density at radius 2 is 1.62 bits per heavy atom. The maximum absolute atomic E-state index is 11.9. The van der Waals surface area contributed by atoms with E-state index in [4.69, 9.17) is 35.3 Å². The van der Waals surface area contributed by atoms with E-state index in [-0.39, 0.29) is 18.2 Å². The fourth-order valence-corrected chi connectivity index (χ4v) is 3.81. The van der Waals surface area contributed by atoms with Crippen LogP contribution in [-0.4, -0.2) is 74.4 Å². The van der Waals surface area contributed by atoms with Crippen LogP contribution >= 0.6 is 11.6 Å². The van der Waals surface area contributed by atoms with E-state index in [2.05, 4.69) is 15.0 Å². The van der Waals surface area contributed by atoms with Gasteiger partial charge in [0.25, 0.3) is 0 Å². The zero-order chi connectivity index (χ0) is 25.0. The predicted molar refractivity (Wildman–Crippen MR) is 112 cm³/mol. The smallest absolute Gasteiger partial charge is 0.303 e. The average molecular weight is 499 g/mol. The summed E-state index contributed by atoms with van der Waals surface area (Å²) < 4.78 is 29.1. The summed E-state index contributed by atoms with van der Waals surface area (Å²) in [5.41, 5.74) is 0.610. The number of halogens is 1. The van der Waals surface area contributed by atoms with E-state index in [1.54, 1.807) is 0 Å². The average Bonchev–Trinajstić information content (AvgIpc) is 3.12. The summed E-state index contributed by atoms with van der Waals surface area (Å²) >= 11 is 6.10. The number of esters is 4. The van der Waals surface area contributed by atoms with Gasteiger partial charge in [-0.3, -0.25) is 23.7 Å². The van der Waals surface area contributed by atoms with Gasteiger partial charge >= 0.3 is 23.9 Å². The summed E-state index contributed by atoms with van der Waals surface area (Å²) in [5.74, 6) is -2.70. The van der Waals surface area contributed by atoms with Gasteiger partial charge < -0.3 is 23.7 Å². The van der Waals surface area contributed by atoms with Crippen LogP contribution in [0.1, 0.15) is 40.3 Å². The molecular formula is C20H23ClN4O9. The summed E-state index contributed by atoms with van der Waals surface area (Å²) in [4.78, 5) is 59.5. The summed E-state index contributed by atoms with van der Waals surface area (Å²) in [7, 11) is 0. The lowest BCUT2D eigenvalue weighted by Crippen LogP contribution is -2.50. The van der Waals surface area contributed by atoms with E-state index in [0.29, 0.717) is 11.2 Å². The number of carbonyl (C=O) groups excluding carboxylic acids is 4. The Balaban J connectivity index is 2.11. The fourth-order valence-electron chi connectivity index (χ4n) is 3.64. The van der Waals surface area contributed by atoms with Gasteiger partial charge in [0.1, 0.15) is 36.9 Å². The van der Waals surface area contributed by atoms with Crippen LogP contribution in [-0.2, 0) is 42.9 Å². The number of ether oxygens (including phenoxy) is 5. The van der Waals surface area contributed by atoms with Gasteiger partial charge in [-0.1, -0.05) is 11.6 Å². The van der Waals surface area contributed by atoms with E-state index >= 15 is 0 Å². The monoisotopic (exact) mass is 498 g/mol. The Morgan fingerprint density at radius 3 is 2.24 bits per heavy atom. The summed E-state index contributed by atoms with van der Waals surface area (Å²) in [6, 6.07) is 0. The van der Waals surface area contributed by atoms with Gasteiger partial charge in [-0.05, 0) is 0 Å². The second-order valence-electron chi connectivity index (χ2n) is 7.45. The maximum atomic E-state index is 11.9. The molecule has 0 aliphatic carbocycles. The van der Waals surface area contributed by atoms with Crippen molar-refractivity contribution in [2.75, 3.05) is 6.61 Å². The highest BCUT2D eigenvalue weighted by Gasteiger charge is 2.48. The first-order chi connectivity index (χ1) is 16.1. The van der Waals surface area contributed by atoms with Gasteiger partial charge in [0.2, 0.25) is 0 Å². The van der Waals surface area contributed by atoms with Crippen LogP contribution in [0.2, 0.25) is 5.15 Å². The Hall–Kier alpha value is -3.32. The molecule has 184 valence electrons. The van der Waals surface area contributed by atoms with Gasteiger partial charge in [0, 0.05) is 34.1 Å². The van der Waals surface area contributed by atoms with Crippen LogP contribution < -0.4 is 0 Å². The lowest BCUT2D eigenvalue weighted by Gasteiger charge is -2.32. The molecular weight excluding hydrogens is 476 g/mol. The molecule has 0 bridgehead atoms. The fraction of sp³-hybridized carbons (Fsp3) is 0.550. The molecule has 1 aliphatic rings. The standard InChI is InChI=1S/C20H23ClN4O9/c1-9(26)30-6-14-18(33-12(4)29)17(32-11(3)28)13(31-10(2)27)5-15(34-14)25-8-24-16-19(21)22-7-23-20(16)25/h7-8,13-15,17-18H,5-6H2,1-4H3/t13-,14+,15-,17+,18+/m0/s1. The number of imidazole rings is 1. The van der Waals surface area contributed by atoms with Gasteiger partial charge in [-0.15, -0.1) is 0 Å². The van der Waals surface area contributed by atoms with Crippen molar-refractivity contribution in [3.63, 3.8) is 0 Å². The molecule has 1 saturated heterocycles. The van der Waals surface area contributed by atoms with Crippen LogP contribution in [0.15, 0.2) is 12.7 Å². The highest BCUT2D eigenvalue weighted by atomic mass is 35.5. The third-order valence-corrected chi connectivity index (χ3v) is 5.10. The van der Waals surface area contributed by atoms with Crippen molar-refractivity contribution in [3.05, 3.63) is 17.8 Å². The Morgan fingerprint density at radius 1 is 0.971 bits per heavy atom. The van der Waals surface area contributed by atoms with Crippen LogP contribution in [0.4, 0.5) is 0 Å². The molecule has 0 amide bonds. The highest BCUT2D eigenvalue weighted by molar-refractivity contribution is 6.33. The van der Waals surface area contributed by atoms with Crippen molar-refractivity contribution in [2.45, 2.75) is 64.8 Å². The van der Waals surface area contributed by atoms with Gasteiger partial charge in [0.05, 0.1) is 6.33 Å². The lowest BCUT2D eigenvalue weighted by molar-refractivity contribution is -0.194. The molecule has 13 nitrogen and oxygen atoms in total. The Labute approximate surface area is 198 Å². The highest BCUT2D eigenvalue weighted by Crippen LogP contribution is 2.34. The molecule has 2 aromatic heterocycles. The number of aromatic nitrogens is 4. The molecule has 0 spiro atoms. The molecule has 14 heteroatoms. The molecule has 0 aromatic carbocycles. The molecule has 5 atom stereocenters. The van der Waals surface area contributed by atoms with Crippen molar-refractivity contribution < 1.29 is 42.9 Å². The van der Waals surface area contributed by atoms with Crippen molar-refractivity contribution in [2.24, 2.45) is 0 Å². The largest absolute Gasteiger partial charge is 0.463 e. The number of fused-ring (bicyclic) bond motifs is 1. The SMILES string of the molecule is CC(=O)OC[C@H]1O[C@H](n2cnc3c(Cl)ncnc32)C[C@H](OC(C)=O)[C@@H](OC(C)=O)[C@@H]1OC(C)=O. The molecule has 34 heavy (non-hydrogen) atoms. The maximum Gasteiger partial charge on any atom is 0.303 e. The second kappa shape index (κ2) is 10.7. The molecule has 0 unspecified atom stereocenters. The van der Waals surface area contributed by atoms with Gasteiger partial charge in [-0.25, -0.2) is 15.0 Å². The quantitative estimate of drug-likeness (QED) is 0.318. The molecule has 0 saturated carbocycles. The zero-order valence-electron chi connectivity index (χ0n) is 18.8. The third-order valence-electron chi connectivity index (χ3n) is 4.82. The van der Waals surface area contributed by atoms with Crippen LogP contribution in [0.5, 0.6) is 0 Å². The molecule has 1 aliphatic heterocycles. The van der Waals surface area contributed by atoms with E-state index in [1.165, 1.54) is 31.1 Å². The number of carbonyl (C=O) groups is 4. The summed E-state index contributed by atoms with van der Waals surface area (Å²) in [6.07, 6.45) is -3.10. The molecule has 0 radical (unpaired) electrons. The van der Waals surface area contributed by atoms with E-state index in [9.17, 15) is 19.2 Å². The second-order valence-corrected chi connectivity index (χ2v) is 7.81. The van der Waals surface area contributed by atoms with Crippen LogP contribution in [0.3, 0.4) is 0 Å². The first-order valence-corrected chi connectivity index (χ1v) is 10.6. The van der Waals surface area contributed by atoms with Crippen molar-refractivity contribution >= 4 is 46.6 Å². The topological polar surface area (TPSA) is 158 Å². The van der Waals surface area contributed by atoms with Crippen molar-refractivity contribution in [1.82, 2.24) is 19.5 Å². The minimum atomic E-state index is -1.27. The minimum absolute atomic E-state index is 0.0566. The molecule has 2 aromatic rings. The summed E-state index contributed by atoms with van der Waals surface area (Å²) in [5, 5.41) is 0.112. The Kier molecular flexibility index (Phi) is 7.99. The molecule has 1 fully saturated rings. The van der Waals surface area contributed by atoms with E-state index in [0.717, 1.165) is 13.8 Å². The van der Waals surface area contributed by atoms with Crippen molar-refractivity contribution in [1.29, 1.82) is 0 Å². The zero-order valence-corrected chi connectivity index (χ0v) is 19.6. The first-order valence-electron chi connectivity index (χ1n) is 10.2. The van der Waals surface area contributed by atoms with Crippen LogP contribution in [0.25, 0.3) is 11.2 Å². The predicted octanol–water partition coefficient (Wildman–Crippen LogP) is 1.13. The summed E-state index contributed by atoms with van der Waals surface area (Å²) in [6.45, 7) is 4.34. The van der Waals surface area contributed by atoms with Gasteiger partial charge in [-0.2, -0.15) is 0 Å². The number of nitrogens with zero attached hydrogens (tertiary/aromatic N) is 4. The molecule has 3 rings (SSSR count). The van der Waals surface area contributed by atoms with E-state index in [1.807, 2.05) is 0 Å². The van der Waals surface area contributed by atoms with Crippen molar-refractivity contribution in [3.8, 4) is 0 Å². The third kappa shape index (κ3) is 5.97. The number of hydrogen-bond acceptors (Lipinski definition) is 12. The number of hydrogen-bond donors (Lipinski definition) is 0. The van der Waals surface area contributed by atoms with E-state index < -0.39 is 54.5 Å². The molecule has 0 N–H and O–H groups in total. The lowest BCUT2D eigenvalue weighted by atomic mass is 10.0. The molecule has 3 heterocycles. The van der Waals surface area contributed by atoms with Crippen LogP contribution in [0, 0.1) is 0 Å².